The summed E-state index contributed by atoms with van der Waals surface area (Å²) in [6.45, 7) is 1.79. The number of ketones is 1. The molecule has 0 bridgehead atoms. The van der Waals surface area contributed by atoms with E-state index in [-0.39, 0.29) is 18.2 Å². The number of nitrogens with one attached hydrogen (secondary N) is 1. The second-order valence-corrected chi connectivity index (χ2v) is 4.16. The zero-order chi connectivity index (χ0) is 11.5. The molecule has 0 radical (unpaired) electrons. The van der Waals surface area contributed by atoms with Crippen molar-refractivity contribution in [3.63, 3.8) is 0 Å². The van der Waals surface area contributed by atoms with E-state index in [1.165, 1.54) is 6.92 Å². The Labute approximate surface area is 94.3 Å². The average molecular weight is 219 g/mol. The van der Waals surface area contributed by atoms with Crippen molar-refractivity contribution in [3.05, 3.63) is 30.1 Å². The highest BCUT2D eigenvalue weighted by molar-refractivity contribution is 5.93. The lowest BCUT2D eigenvalue weighted by molar-refractivity contribution is -0.684. The maximum absolute atomic E-state index is 11.5. The summed E-state index contributed by atoms with van der Waals surface area (Å²) in [5, 5.41) is 2.91. The van der Waals surface area contributed by atoms with E-state index in [1.807, 2.05) is 0 Å². The van der Waals surface area contributed by atoms with E-state index in [0.717, 1.165) is 12.8 Å². The third kappa shape index (κ3) is 2.89. The minimum absolute atomic E-state index is 0.00759. The van der Waals surface area contributed by atoms with Gasteiger partial charge in [0.25, 0.3) is 5.91 Å². The maximum Gasteiger partial charge on any atom is 0.286 e. The first-order chi connectivity index (χ1) is 7.65. The molecule has 0 atom stereocenters. The Hall–Kier alpha value is -1.71. The summed E-state index contributed by atoms with van der Waals surface area (Å²) in [5.74, 6) is 0.0187. The standard InChI is InChI=1S/C12H14N2O2/c1-9(15)10-3-2-6-14(7-10)8-12(16)13-11-4-5-11/h2-3,6-7,11H,4-5,8H2,1H3/p+1. The first-order valence-electron chi connectivity index (χ1n) is 5.44. The van der Waals surface area contributed by atoms with Crippen molar-refractivity contribution in [3.8, 4) is 0 Å². The number of pyridine rings is 1. The van der Waals surface area contributed by atoms with Crippen molar-refractivity contribution in [2.75, 3.05) is 0 Å². The third-order valence-electron chi connectivity index (χ3n) is 2.53. The van der Waals surface area contributed by atoms with Gasteiger partial charge in [0, 0.05) is 12.1 Å². The van der Waals surface area contributed by atoms with Crippen LogP contribution in [0.1, 0.15) is 30.1 Å². The van der Waals surface area contributed by atoms with Gasteiger partial charge in [0.05, 0.1) is 5.56 Å². The number of amides is 1. The lowest BCUT2D eigenvalue weighted by atomic mass is 10.2. The van der Waals surface area contributed by atoms with Gasteiger partial charge in [-0.05, 0) is 25.8 Å². The van der Waals surface area contributed by atoms with E-state index in [4.69, 9.17) is 0 Å². The summed E-state index contributed by atoms with van der Waals surface area (Å²) in [6, 6.07) is 3.91. The van der Waals surface area contributed by atoms with Crippen LogP contribution in [0.2, 0.25) is 0 Å². The van der Waals surface area contributed by atoms with Gasteiger partial charge in [-0.15, -0.1) is 0 Å². The topological polar surface area (TPSA) is 50.0 Å². The fourth-order valence-corrected chi connectivity index (χ4v) is 1.50. The molecule has 1 saturated carbocycles. The van der Waals surface area contributed by atoms with Gasteiger partial charge in [0.1, 0.15) is 0 Å². The van der Waals surface area contributed by atoms with Gasteiger partial charge < -0.3 is 5.32 Å². The van der Waals surface area contributed by atoms with Crippen LogP contribution in [0, 0.1) is 0 Å². The Morgan fingerprint density at radius 2 is 2.25 bits per heavy atom. The highest BCUT2D eigenvalue weighted by Crippen LogP contribution is 2.18. The summed E-state index contributed by atoms with van der Waals surface area (Å²) in [7, 11) is 0. The van der Waals surface area contributed by atoms with Gasteiger partial charge in [-0.3, -0.25) is 9.59 Å². The molecule has 1 aliphatic rings. The molecule has 1 fully saturated rings. The normalized spacial score (nSPS) is 14.6. The van der Waals surface area contributed by atoms with Crippen LogP contribution in [0.4, 0.5) is 0 Å². The SMILES string of the molecule is CC(=O)c1ccc[n+](CC(=O)NC2CC2)c1. The van der Waals surface area contributed by atoms with Crippen LogP contribution in [0.5, 0.6) is 0 Å². The number of rotatable bonds is 4. The van der Waals surface area contributed by atoms with Gasteiger partial charge in [-0.1, -0.05) is 0 Å². The molecular weight excluding hydrogens is 204 g/mol. The Kier molecular flexibility index (Phi) is 2.99. The molecule has 0 aromatic carbocycles. The molecule has 2 rings (SSSR count). The van der Waals surface area contributed by atoms with Crippen LogP contribution >= 0.6 is 0 Å². The molecule has 0 spiro atoms. The number of carbonyl (C=O) groups excluding carboxylic acids is 2. The zero-order valence-electron chi connectivity index (χ0n) is 9.27. The molecule has 84 valence electrons. The Balaban J connectivity index is 1.99. The summed E-state index contributed by atoms with van der Waals surface area (Å²) >= 11 is 0. The van der Waals surface area contributed by atoms with Crippen molar-refractivity contribution in [2.24, 2.45) is 0 Å². The molecule has 0 unspecified atom stereocenters. The molecule has 1 aromatic heterocycles. The molecule has 1 aromatic rings. The minimum atomic E-state index is 0.00759. The van der Waals surface area contributed by atoms with Crippen LogP contribution in [0.15, 0.2) is 24.5 Å². The second-order valence-electron chi connectivity index (χ2n) is 4.16. The summed E-state index contributed by atoms with van der Waals surface area (Å²) in [4.78, 5) is 22.7. The Bertz CT molecular complexity index is 425. The number of hydrogen-bond acceptors (Lipinski definition) is 2. The molecule has 1 amide bonds. The molecule has 16 heavy (non-hydrogen) atoms. The van der Waals surface area contributed by atoms with Crippen LogP contribution in [-0.4, -0.2) is 17.7 Å². The number of nitrogens with zero attached hydrogens (tertiary/aromatic N) is 1. The van der Waals surface area contributed by atoms with Crippen LogP contribution in [-0.2, 0) is 11.3 Å². The monoisotopic (exact) mass is 219 g/mol. The van der Waals surface area contributed by atoms with Crippen LogP contribution in [0.3, 0.4) is 0 Å². The molecular formula is C12H15N2O2+. The lowest BCUT2D eigenvalue weighted by Crippen LogP contribution is -2.43. The molecule has 0 saturated heterocycles. The van der Waals surface area contributed by atoms with Crippen molar-refractivity contribution in [1.29, 1.82) is 0 Å². The summed E-state index contributed by atoms with van der Waals surface area (Å²) < 4.78 is 1.73. The highest BCUT2D eigenvalue weighted by Gasteiger charge is 2.24. The van der Waals surface area contributed by atoms with E-state index < -0.39 is 0 Å². The quantitative estimate of drug-likeness (QED) is 0.590. The van der Waals surface area contributed by atoms with E-state index >= 15 is 0 Å². The van der Waals surface area contributed by atoms with Crippen LogP contribution in [0.25, 0.3) is 0 Å². The zero-order valence-corrected chi connectivity index (χ0v) is 9.27. The van der Waals surface area contributed by atoms with Gasteiger partial charge in [-0.25, -0.2) is 0 Å². The summed E-state index contributed by atoms with van der Waals surface area (Å²) in [5.41, 5.74) is 0.627. The van der Waals surface area contributed by atoms with Gasteiger partial charge in [0.2, 0.25) is 6.54 Å². The number of Topliss-reactive ketones (excluding diaryl/α,β-unsaturated/α-hetero) is 1. The van der Waals surface area contributed by atoms with Crippen molar-refractivity contribution >= 4 is 11.7 Å². The van der Waals surface area contributed by atoms with Crippen molar-refractivity contribution in [1.82, 2.24) is 5.32 Å². The van der Waals surface area contributed by atoms with E-state index in [0.29, 0.717) is 11.6 Å². The molecule has 0 aliphatic heterocycles. The molecule has 1 heterocycles. The second kappa shape index (κ2) is 4.43. The van der Waals surface area contributed by atoms with Gasteiger partial charge in [-0.2, -0.15) is 4.57 Å². The number of hydrogen-bond donors (Lipinski definition) is 1. The smallest absolute Gasteiger partial charge is 0.286 e. The molecule has 1 N–H and O–H groups in total. The number of aromatic nitrogens is 1. The Morgan fingerprint density at radius 3 is 2.88 bits per heavy atom. The third-order valence-corrected chi connectivity index (χ3v) is 2.53. The van der Waals surface area contributed by atoms with Crippen molar-refractivity contribution in [2.45, 2.75) is 32.4 Å². The Morgan fingerprint density at radius 1 is 1.50 bits per heavy atom. The predicted octanol–water partition coefficient (Wildman–Crippen LogP) is 0.455. The maximum atomic E-state index is 11.5. The van der Waals surface area contributed by atoms with Gasteiger partial charge in [0.15, 0.2) is 18.2 Å². The minimum Gasteiger partial charge on any atom is -0.348 e. The van der Waals surface area contributed by atoms with E-state index in [9.17, 15) is 9.59 Å². The largest absolute Gasteiger partial charge is 0.348 e. The van der Waals surface area contributed by atoms with E-state index in [1.54, 1.807) is 29.1 Å². The van der Waals surface area contributed by atoms with Crippen molar-refractivity contribution < 1.29 is 14.2 Å². The first-order valence-corrected chi connectivity index (χ1v) is 5.44. The molecule has 4 nitrogen and oxygen atoms in total. The molecule has 1 aliphatic carbocycles. The molecule has 4 heteroatoms. The predicted molar refractivity (Wildman–Crippen MR) is 57.8 cm³/mol. The average Bonchev–Trinajstić information content (AvgIpc) is 3.01. The lowest BCUT2D eigenvalue weighted by Gasteiger charge is -2.00. The number of carbonyl (C=O) groups is 2. The summed E-state index contributed by atoms with van der Waals surface area (Å²) in [6.07, 6.45) is 5.67. The first kappa shape index (κ1) is 10.8. The van der Waals surface area contributed by atoms with Crippen LogP contribution < -0.4 is 9.88 Å². The fourth-order valence-electron chi connectivity index (χ4n) is 1.50. The van der Waals surface area contributed by atoms with E-state index in [2.05, 4.69) is 5.32 Å². The van der Waals surface area contributed by atoms with Gasteiger partial charge >= 0.3 is 0 Å². The highest BCUT2D eigenvalue weighted by atomic mass is 16.2. The fraction of sp³-hybridized carbons (Fsp3) is 0.417.